The van der Waals surface area contributed by atoms with Crippen molar-refractivity contribution in [2.24, 2.45) is 0 Å². The third kappa shape index (κ3) is 4.87. The number of carbonyl (C=O) groups excluding carboxylic acids is 1. The molecule has 0 aliphatic carbocycles. The summed E-state index contributed by atoms with van der Waals surface area (Å²) in [5, 5.41) is 0.750. The van der Waals surface area contributed by atoms with Gasteiger partial charge in [0.2, 0.25) is 6.79 Å². The molecule has 7 rings (SSSR count). The molecule has 2 aromatic heterocycles. The number of ether oxygens (including phenoxy) is 2. The molecule has 206 valence electrons. The van der Waals surface area contributed by atoms with Crippen LogP contribution in [0.2, 0.25) is 5.02 Å². The van der Waals surface area contributed by atoms with E-state index in [1.165, 1.54) is 11.3 Å². The van der Waals surface area contributed by atoms with E-state index in [1.54, 1.807) is 0 Å². The number of rotatable bonds is 6. The second-order valence-corrected chi connectivity index (χ2v) is 11.0. The van der Waals surface area contributed by atoms with Crippen molar-refractivity contribution in [3.63, 3.8) is 0 Å². The van der Waals surface area contributed by atoms with Crippen LogP contribution in [-0.2, 0) is 19.6 Å². The SMILES string of the molecule is O=C(c1ccc(CN2CCn3cccc3C2c2ccccc2Cl)o1)N1CCN(Cc2ccc3c(c2)OCO3)CC1. The topological polar surface area (TPSA) is 63.3 Å². The summed E-state index contributed by atoms with van der Waals surface area (Å²) in [7, 11) is 0. The molecule has 0 saturated carbocycles. The second kappa shape index (κ2) is 10.7. The quantitative estimate of drug-likeness (QED) is 0.331. The molecule has 9 heteroatoms. The molecule has 0 spiro atoms. The molecule has 8 nitrogen and oxygen atoms in total. The van der Waals surface area contributed by atoms with Crippen LogP contribution in [0.4, 0.5) is 0 Å². The van der Waals surface area contributed by atoms with E-state index in [0.29, 0.717) is 25.4 Å². The number of fused-ring (bicyclic) bond motifs is 2. The number of benzene rings is 2. The molecule has 1 unspecified atom stereocenters. The zero-order valence-corrected chi connectivity index (χ0v) is 22.9. The van der Waals surface area contributed by atoms with Gasteiger partial charge in [0.15, 0.2) is 17.3 Å². The van der Waals surface area contributed by atoms with Gasteiger partial charge in [-0.15, -0.1) is 0 Å². The Morgan fingerprint density at radius 2 is 1.70 bits per heavy atom. The first-order valence-electron chi connectivity index (χ1n) is 13.7. The first-order chi connectivity index (χ1) is 19.6. The van der Waals surface area contributed by atoms with Crippen LogP contribution in [0.1, 0.15) is 39.2 Å². The van der Waals surface area contributed by atoms with Gasteiger partial charge in [-0.1, -0.05) is 35.9 Å². The van der Waals surface area contributed by atoms with E-state index in [2.05, 4.69) is 44.8 Å². The summed E-state index contributed by atoms with van der Waals surface area (Å²) in [6.07, 6.45) is 2.12. The lowest BCUT2D eigenvalue weighted by Crippen LogP contribution is -2.48. The van der Waals surface area contributed by atoms with Gasteiger partial charge in [0.1, 0.15) is 5.76 Å². The Kier molecular flexibility index (Phi) is 6.75. The molecule has 0 radical (unpaired) electrons. The van der Waals surface area contributed by atoms with Gasteiger partial charge in [-0.25, -0.2) is 0 Å². The zero-order valence-electron chi connectivity index (χ0n) is 22.2. The molecule has 5 heterocycles. The van der Waals surface area contributed by atoms with E-state index in [9.17, 15) is 4.79 Å². The summed E-state index contributed by atoms with van der Waals surface area (Å²) in [6.45, 7) is 6.38. The standard InChI is InChI=1S/C31H31ClN4O4/c32-25-5-2-1-4-24(25)30-26-6-3-11-34(26)16-17-36(30)20-23-8-10-28(40-23)31(37)35-14-12-33(13-15-35)19-22-7-9-27-29(18-22)39-21-38-27/h1-11,18,30H,12-17,19-21H2. The van der Waals surface area contributed by atoms with E-state index < -0.39 is 0 Å². The van der Waals surface area contributed by atoms with E-state index >= 15 is 0 Å². The van der Waals surface area contributed by atoms with E-state index in [-0.39, 0.29) is 18.7 Å². The highest BCUT2D eigenvalue weighted by Crippen LogP contribution is 2.37. The van der Waals surface area contributed by atoms with E-state index in [1.807, 2.05) is 47.4 Å². The molecule has 3 aliphatic heterocycles. The van der Waals surface area contributed by atoms with Crippen LogP contribution in [0.5, 0.6) is 11.5 Å². The maximum absolute atomic E-state index is 13.3. The van der Waals surface area contributed by atoms with Gasteiger partial charge in [0.25, 0.3) is 5.91 Å². The van der Waals surface area contributed by atoms with Crippen molar-refractivity contribution in [3.8, 4) is 11.5 Å². The van der Waals surface area contributed by atoms with Gasteiger partial charge in [0, 0.05) is 62.7 Å². The number of aromatic nitrogens is 1. The highest BCUT2D eigenvalue weighted by atomic mass is 35.5. The fraction of sp³-hybridized carbons (Fsp3) is 0.323. The summed E-state index contributed by atoms with van der Waals surface area (Å²) in [5.74, 6) is 2.72. The van der Waals surface area contributed by atoms with Crippen molar-refractivity contribution in [1.82, 2.24) is 19.3 Å². The summed E-state index contributed by atoms with van der Waals surface area (Å²) in [4.78, 5) is 19.9. The molecule has 2 aromatic carbocycles. The normalized spacial score (nSPS) is 19.1. The first-order valence-corrected chi connectivity index (χ1v) is 14.1. The Bertz CT molecular complexity index is 1520. The van der Waals surface area contributed by atoms with Gasteiger partial charge in [-0.05, 0) is 53.6 Å². The van der Waals surface area contributed by atoms with Crippen LogP contribution in [0.15, 0.2) is 77.3 Å². The van der Waals surface area contributed by atoms with Crippen molar-refractivity contribution in [2.75, 3.05) is 39.5 Å². The minimum atomic E-state index is -0.0517. The monoisotopic (exact) mass is 558 g/mol. The molecule has 0 bridgehead atoms. The molecule has 1 atom stereocenters. The number of halogens is 1. The molecule has 4 aromatic rings. The Morgan fingerprint density at radius 3 is 2.58 bits per heavy atom. The lowest BCUT2D eigenvalue weighted by Gasteiger charge is -2.37. The van der Waals surface area contributed by atoms with Gasteiger partial charge in [-0.3, -0.25) is 14.6 Å². The molecule has 40 heavy (non-hydrogen) atoms. The van der Waals surface area contributed by atoms with Crippen molar-refractivity contribution >= 4 is 17.5 Å². The number of hydrogen-bond donors (Lipinski definition) is 0. The number of carbonyl (C=O) groups is 1. The highest BCUT2D eigenvalue weighted by molar-refractivity contribution is 6.31. The van der Waals surface area contributed by atoms with Gasteiger partial charge in [-0.2, -0.15) is 0 Å². The van der Waals surface area contributed by atoms with Crippen molar-refractivity contribution in [2.45, 2.75) is 25.7 Å². The maximum Gasteiger partial charge on any atom is 0.289 e. The minimum absolute atomic E-state index is 0.0135. The van der Waals surface area contributed by atoms with E-state index in [4.69, 9.17) is 25.5 Å². The Hall–Kier alpha value is -3.72. The van der Waals surface area contributed by atoms with Crippen LogP contribution in [0.3, 0.4) is 0 Å². The van der Waals surface area contributed by atoms with Crippen LogP contribution in [0, 0.1) is 0 Å². The molecule has 1 amide bonds. The first kappa shape index (κ1) is 25.3. The smallest absolute Gasteiger partial charge is 0.289 e. The number of piperazine rings is 1. The fourth-order valence-corrected chi connectivity index (χ4v) is 6.23. The molecule has 0 N–H and O–H groups in total. The molecular weight excluding hydrogens is 528 g/mol. The van der Waals surface area contributed by atoms with Crippen molar-refractivity contribution < 1.29 is 18.7 Å². The predicted molar refractivity (Wildman–Crippen MR) is 151 cm³/mol. The summed E-state index contributed by atoms with van der Waals surface area (Å²) < 4.78 is 19.3. The Balaban J connectivity index is 0.994. The zero-order chi connectivity index (χ0) is 27.1. The van der Waals surface area contributed by atoms with Crippen LogP contribution in [-0.4, -0.2) is 64.7 Å². The Morgan fingerprint density at radius 1 is 0.850 bits per heavy atom. The van der Waals surface area contributed by atoms with Crippen LogP contribution >= 0.6 is 11.6 Å². The Labute approximate surface area is 238 Å². The third-order valence-electron chi connectivity index (χ3n) is 8.07. The average Bonchev–Trinajstić information content (AvgIpc) is 3.75. The minimum Gasteiger partial charge on any atom is -0.455 e. The summed E-state index contributed by atoms with van der Waals surface area (Å²) in [5.41, 5.74) is 3.46. The number of furan rings is 1. The molecule has 1 saturated heterocycles. The highest BCUT2D eigenvalue weighted by Gasteiger charge is 2.31. The molecular formula is C31H31ClN4O4. The second-order valence-electron chi connectivity index (χ2n) is 10.5. The lowest BCUT2D eigenvalue weighted by molar-refractivity contribution is 0.0593. The predicted octanol–water partition coefficient (Wildman–Crippen LogP) is 5.03. The van der Waals surface area contributed by atoms with Crippen molar-refractivity contribution in [3.05, 3.63) is 106 Å². The molecule has 3 aliphatic rings. The third-order valence-corrected chi connectivity index (χ3v) is 8.42. The summed E-state index contributed by atoms with van der Waals surface area (Å²) in [6, 6.07) is 22.1. The van der Waals surface area contributed by atoms with Gasteiger partial charge in [0.05, 0.1) is 12.6 Å². The number of hydrogen-bond acceptors (Lipinski definition) is 6. The van der Waals surface area contributed by atoms with Gasteiger partial charge < -0.3 is 23.4 Å². The maximum atomic E-state index is 13.3. The lowest BCUT2D eigenvalue weighted by atomic mass is 9.99. The van der Waals surface area contributed by atoms with Crippen LogP contribution in [0.25, 0.3) is 0 Å². The number of nitrogens with zero attached hydrogens (tertiary/aromatic N) is 4. The van der Waals surface area contributed by atoms with Gasteiger partial charge >= 0.3 is 0 Å². The van der Waals surface area contributed by atoms with E-state index in [0.717, 1.165) is 60.6 Å². The fourth-order valence-electron chi connectivity index (χ4n) is 6.00. The number of amides is 1. The average molecular weight is 559 g/mol. The summed E-state index contributed by atoms with van der Waals surface area (Å²) >= 11 is 6.65. The van der Waals surface area contributed by atoms with Crippen molar-refractivity contribution in [1.29, 1.82) is 0 Å². The van der Waals surface area contributed by atoms with Crippen LogP contribution < -0.4 is 9.47 Å². The molecule has 1 fully saturated rings. The largest absolute Gasteiger partial charge is 0.455 e.